The molecule has 7 nitrogen and oxygen atoms in total. The summed E-state index contributed by atoms with van der Waals surface area (Å²) in [5, 5.41) is 21.3. The number of nitro groups is 2. The molecule has 0 unspecified atom stereocenters. The Morgan fingerprint density at radius 1 is 1.12 bits per heavy atom. The van der Waals surface area contributed by atoms with E-state index in [1.807, 2.05) is 6.92 Å². The maximum atomic E-state index is 10.7. The molecule has 0 fully saturated rings. The lowest BCUT2D eigenvalue weighted by atomic mass is 10.1. The minimum atomic E-state index is -2.66. The van der Waals surface area contributed by atoms with Crippen molar-refractivity contribution >= 4 is 0 Å². The highest BCUT2D eigenvalue weighted by Crippen LogP contribution is 2.22. The molecule has 0 aliphatic heterocycles. The summed E-state index contributed by atoms with van der Waals surface area (Å²) in [5.74, 6) is -2.56. The van der Waals surface area contributed by atoms with Crippen LogP contribution in [0.5, 0.6) is 5.75 Å². The predicted octanol–water partition coefficient (Wildman–Crippen LogP) is 1.91. The topological polar surface area (TPSA) is 95.5 Å². The van der Waals surface area contributed by atoms with E-state index in [1.165, 1.54) is 12.1 Å². The summed E-state index contributed by atoms with van der Waals surface area (Å²) in [6.07, 6.45) is 0. The summed E-state index contributed by atoms with van der Waals surface area (Å²) in [7, 11) is 0. The van der Waals surface area contributed by atoms with Gasteiger partial charge in [-0.15, -0.1) is 0 Å². The Kier molecular flexibility index (Phi) is 3.31. The van der Waals surface area contributed by atoms with Crippen LogP contribution in [0.1, 0.15) is 18.1 Å². The molecule has 92 valence electrons. The Morgan fingerprint density at radius 3 is 2.06 bits per heavy atom. The van der Waals surface area contributed by atoms with E-state index in [4.69, 9.17) is 4.74 Å². The predicted molar refractivity (Wildman–Crippen MR) is 58.9 cm³/mol. The first kappa shape index (κ1) is 12.9. The molecular formula is C10H12N2O5. The lowest BCUT2D eigenvalue weighted by Gasteiger charge is -2.14. The Balaban J connectivity index is 3.07. The van der Waals surface area contributed by atoms with Crippen molar-refractivity contribution in [3.63, 3.8) is 0 Å². The van der Waals surface area contributed by atoms with Gasteiger partial charge in [-0.25, -0.2) is 0 Å². The molecule has 0 heterocycles. The van der Waals surface area contributed by atoms with Gasteiger partial charge in [0.1, 0.15) is 22.5 Å². The second-order valence-electron chi connectivity index (χ2n) is 3.80. The number of hydrogen-bond donors (Lipinski definition) is 0. The summed E-state index contributed by atoms with van der Waals surface area (Å²) >= 11 is 0. The highest BCUT2D eigenvalue weighted by atomic mass is 16.8. The van der Waals surface area contributed by atoms with Crippen LogP contribution in [0.15, 0.2) is 18.2 Å². The average molecular weight is 240 g/mol. The average Bonchev–Trinajstić information content (AvgIpc) is 2.22. The van der Waals surface area contributed by atoms with E-state index < -0.39 is 15.7 Å². The molecule has 0 amide bonds. The molecule has 1 aromatic carbocycles. The Labute approximate surface area is 97.3 Å². The molecule has 0 saturated heterocycles. The fourth-order valence-corrected chi connectivity index (χ4v) is 1.14. The van der Waals surface area contributed by atoms with E-state index in [1.54, 1.807) is 13.0 Å². The highest BCUT2D eigenvalue weighted by molar-refractivity contribution is 5.33. The van der Waals surface area contributed by atoms with E-state index in [-0.39, 0.29) is 5.75 Å². The Hall–Kier alpha value is -2.18. The van der Waals surface area contributed by atoms with Gasteiger partial charge in [0.25, 0.3) is 0 Å². The number of aryl methyl sites for hydroxylation is 2. The zero-order valence-electron chi connectivity index (χ0n) is 9.67. The van der Waals surface area contributed by atoms with Crippen LogP contribution in [0.4, 0.5) is 0 Å². The molecule has 0 N–H and O–H groups in total. The van der Waals surface area contributed by atoms with Crippen LogP contribution in [0.3, 0.4) is 0 Å². The smallest absolute Gasteiger partial charge is 0.371 e. The van der Waals surface area contributed by atoms with Crippen LogP contribution in [0.2, 0.25) is 0 Å². The zero-order valence-corrected chi connectivity index (χ0v) is 9.67. The van der Waals surface area contributed by atoms with Gasteiger partial charge in [-0.2, -0.15) is 0 Å². The minimum absolute atomic E-state index is 0.101. The molecule has 0 aromatic heterocycles. The van der Waals surface area contributed by atoms with Gasteiger partial charge in [0.2, 0.25) is 0 Å². The van der Waals surface area contributed by atoms with Crippen LogP contribution in [-0.2, 0) is 0 Å². The zero-order chi connectivity index (χ0) is 13.2. The molecule has 0 saturated carbocycles. The lowest BCUT2D eigenvalue weighted by Crippen LogP contribution is -2.48. The molecule has 7 heteroatoms. The molecule has 1 rings (SSSR count). The third-order valence-electron chi connectivity index (χ3n) is 2.47. The molecule has 0 atom stereocenters. The summed E-state index contributed by atoms with van der Waals surface area (Å²) in [6.45, 7) is 4.46. The third kappa shape index (κ3) is 2.49. The fraction of sp³-hybridized carbons (Fsp3) is 0.400. The number of rotatable bonds is 4. The van der Waals surface area contributed by atoms with E-state index in [2.05, 4.69) is 0 Å². The first-order chi connectivity index (χ1) is 7.77. The minimum Gasteiger partial charge on any atom is -0.371 e. The Morgan fingerprint density at radius 2 is 1.65 bits per heavy atom. The maximum absolute atomic E-state index is 10.7. The van der Waals surface area contributed by atoms with Gasteiger partial charge in [-0.05, 0) is 37.1 Å². The van der Waals surface area contributed by atoms with Crippen molar-refractivity contribution in [3.05, 3.63) is 49.6 Å². The monoisotopic (exact) mass is 240 g/mol. The number of ether oxygens (including phenoxy) is 1. The number of hydrogen-bond acceptors (Lipinski definition) is 5. The van der Waals surface area contributed by atoms with Crippen LogP contribution in [0, 0.1) is 34.1 Å². The van der Waals surface area contributed by atoms with Crippen molar-refractivity contribution in [3.8, 4) is 5.75 Å². The van der Waals surface area contributed by atoms with Crippen molar-refractivity contribution in [2.24, 2.45) is 0 Å². The molecule has 0 aliphatic carbocycles. The molecule has 17 heavy (non-hydrogen) atoms. The summed E-state index contributed by atoms with van der Waals surface area (Å²) in [4.78, 5) is 19.2. The number of benzene rings is 1. The van der Waals surface area contributed by atoms with Crippen molar-refractivity contribution in [2.75, 3.05) is 0 Å². The van der Waals surface area contributed by atoms with E-state index in [0.29, 0.717) is 0 Å². The van der Waals surface area contributed by atoms with Gasteiger partial charge < -0.3 is 4.74 Å². The quantitative estimate of drug-likeness (QED) is 0.455. The summed E-state index contributed by atoms with van der Waals surface area (Å²) in [6, 6.07) is 4.68. The van der Waals surface area contributed by atoms with Gasteiger partial charge in [0.15, 0.2) is 0 Å². The van der Waals surface area contributed by atoms with Crippen LogP contribution < -0.4 is 4.74 Å². The SMILES string of the molecule is Cc1ccc(OC(C)([N+](=O)[O-])[N+](=O)[O-])cc1C. The molecule has 0 aliphatic rings. The summed E-state index contributed by atoms with van der Waals surface area (Å²) in [5.41, 5.74) is 1.82. The van der Waals surface area contributed by atoms with Gasteiger partial charge >= 0.3 is 5.85 Å². The third-order valence-corrected chi connectivity index (χ3v) is 2.47. The molecule has 1 aromatic rings. The number of nitrogens with zero attached hydrogens (tertiary/aromatic N) is 2. The molecule has 0 radical (unpaired) electrons. The standard InChI is InChI=1S/C10H12N2O5/c1-7-4-5-9(6-8(7)2)17-10(3,11(13)14)12(15)16/h4-6H,1-3H3. The van der Waals surface area contributed by atoms with Crippen LogP contribution in [0.25, 0.3) is 0 Å². The van der Waals surface area contributed by atoms with Gasteiger partial charge in [0.05, 0.1) is 0 Å². The molecule has 0 bridgehead atoms. The van der Waals surface area contributed by atoms with E-state index >= 15 is 0 Å². The first-order valence-corrected chi connectivity index (χ1v) is 4.82. The Bertz CT molecular complexity index is 458. The van der Waals surface area contributed by atoms with E-state index in [9.17, 15) is 20.2 Å². The van der Waals surface area contributed by atoms with Crippen molar-refractivity contribution in [1.82, 2.24) is 0 Å². The van der Waals surface area contributed by atoms with Crippen molar-refractivity contribution in [1.29, 1.82) is 0 Å². The van der Waals surface area contributed by atoms with Gasteiger partial charge in [0, 0.05) is 0 Å². The second-order valence-corrected chi connectivity index (χ2v) is 3.80. The maximum Gasteiger partial charge on any atom is 0.616 e. The molecular weight excluding hydrogens is 228 g/mol. The lowest BCUT2D eigenvalue weighted by molar-refractivity contribution is -0.834. The van der Waals surface area contributed by atoms with Gasteiger partial charge in [-0.1, -0.05) is 6.07 Å². The molecule has 0 spiro atoms. The summed E-state index contributed by atoms with van der Waals surface area (Å²) < 4.78 is 4.86. The van der Waals surface area contributed by atoms with Crippen molar-refractivity contribution < 1.29 is 14.6 Å². The second kappa shape index (κ2) is 4.36. The van der Waals surface area contributed by atoms with Crippen LogP contribution in [-0.4, -0.2) is 15.7 Å². The largest absolute Gasteiger partial charge is 0.616 e. The van der Waals surface area contributed by atoms with Gasteiger partial charge in [-0.3, -0.25) is 20.2 Å². The highest BCUT2D eigenvalue weighted by Gasteiger charge is 2.54. The fourth-order valence-electron chi connectivity index (χ4n) is 1.14. The first-order valence-electron chi connectivity index (χ1n) is 4.82. The van der Waals surface area contributed by atoms with Crippen LogP contribution >= 0.6 is 0 Å². The van der Waals surface area contributed by atoms with Crippen molar-refractivity contribution in [2.45, 2.75) is 26.6 Å². The van der Waals surface area contributed by atoms with E-state index in [0.717, 1.165) is 18.1 Å². The normalized spacial score (nSPS) is 11.0.